The molecule has 9 nitrogen and oxygen atoms in total. The number of fused-ring (bicyclic) bond motifs is 1. The van der Waals surface area contributed by atoms with Crippen molar-refractivity contribution in [3.63, 3.8) is 0 Å². The maximum absolute atomic E-state index is 12.4. The van der Waals surface area contributed by atoms with Crippen LogP contribution >= 0.6 is 0 Å². The normalized spacial score (nSPS) is 18.3. The number of ether oxygens (including phenoxy) is 1. The molecular weight excluding hydrogens is 444 g/mol. The Bertz CT molecular complexity index is 1100. The van der Waals surface area contributed by atoms with Gasteiger partial charge in [-0.15, -0.1) is 5.17 Å². The number of rotatable bonds is 9. The lowest BCUT2D eigenvalue weighted by atomic mass is 10.1. The minimum absolute atomic E-state index is 0.0287. The van der Waals surface area contributed by atoms with Crippen LogP contribution in [0.5, 0.6) is 0 Å². The van der Waals surface area contributed by atoms with Gasteiger partial charge in [0, 0.05) is 68.4 Å². The number of imidazole rings is 1. The Morgan fingerprint density at radius 3 is 2.69 bits per heavy atom. The predicted octanol–water partition coefficient (Wildman–Crippen LogP) is 2.86. The summed E-state index contributed by atoms with van der Waals surface area (Å²) in [7, 11) is 1.70. The summed E-state index contributed by atoms with van der Waals surface area (Å²) in [5, 5.41) is 7.15. The standard InChI is InChI=1S/C26H32N6O3/c1-34-24-8-9-25-22(18-24)19-32(35-25)31-16-14-29(15-17-31)12-3-2-10-28-26(33)21-4-6-23(7-5-21)30-13-11-27-20-30/h4-9,11,13,19-20H,2-3,10,12,14-18H2,1H3,(H,28,33). The number of carbonyl (C=O) groups is 1. The molecule has 9 heteroatoms. The Balaban J connectivity index is 0.973. The maximum atomic E-state index is 12.4. The van der Waals surface area contributed by atoms with Crippen LogP contribution in [0.15, 0.2) is 78.4 Å². The first-order valence-corrected chi connectivity index (χ1v) is 12.2. The molecule has 1 aliphatic carbocycles. The second-order valence-electron chi connectivity index (χ2n) is 8.87. The molecule has 3 aliphatic rings. The molecule has 3 heterocycles. The largest absolute Gasteiger partial charge is 0.501 e. The molecule has 35 heavy (non-hydrogen) atoms. The van der Waals surface area contributed by atoms with Crippen LogP contribution in [-0.4, -0.2) is 76.9 Å². The molecule has 1 N–H and O–H groups in total. The SMILES string of the molecule is COC1=CC=C2ON(N3CCN(CCCCNC(=O)c4ccc(-n5ccnc5)cc4)CC3)C=C2C1. The first kappa shape index (κ1) is 23.2. The van der Waals surface area contributed by atoms with Crippen LogP contribution in [0, 0.1) is 0 Å². The van der Waals surface area contributed by atoms with Crippen molar-refractivity contribution in [1.29, 1.82) is 0 Å². The molecule has 0 bridgehead atoms. The van der Waals surface area contributed by atoms with E-state index in [1.807, 2.05) is 52.4 Å². The fourth-order valence-corrected chi connectivity index (χ4v) is 4.47. The first-order valence-electron chi connectivity index (χ1n) is 12.2. The van der Waals surface area contributed by atoms with Crippen molar-refractivity contribution in [2.45, 2.75) is 19.3 Å². The van der Waals surface area contributed by atoms with E-state index >= 15 is 0 Å². The monoisotopic (exact) mass is 476 g/mol. The molecule has 0 radical (unpaired) electrons. The zero-order chi connectivity index (χ0) is 24.0. The molecule has 1 amide bonds. The number of piperazine rings is 1. The summed E-state index contributed by atoms with van der Waals surface area (Å²) in [5.41, 5.74) is 2.82. The quantitative estimate of drug-likeness (QED) is 0.558. The van der Waals surface area contributed by atoms with Crippen LogP contribution in [0.2, 0.25) is 0 Å². The van der Waals surface area contributed by atoms with Crippen LogP contribution in [0.4, 0.5) is 0 Å². The summed E-state index contributed by atoms with van der Waals surface area (Å²) in [6.45, 7) is 5.57. The van der Waals surface area contributed by atoms with Crippen LogP contribution in [0.1, 0.15) is 29.6 Å². The third-order valence-corrected chi connectivity index (χ3v) is 6.57. The van der Waals surface area contributed by atoms with E-state index in [9.17, 15) is 4.79 Å². The Morgan fingerprint density at radius 2 is 1.94 bits per heavy atom. The average Bonchev–Trinajstić information content (AvgIpc) is 3.59. The fraction of sp³-hybridized carbons (Fsp3) is 0.385. The lowest BCUT2D eigenvalue weighted by Gasteiger charge is -2.38. The summed E-state index contributed by atoms with van der Waals surface area (Å²) in [4.78, 5) is 24.9. The number of amides is 1. The zero-order valence-corrected chi connectivity index (χ0v) is 20.1. The van der Waals surface area contributed by atoms with E-state index in [1.165, 1.54) is 0 Å². The van der Waals surface area contributed by atoms with Crippen molar-refractivity contribution in [3.05, 3.63) is 84.0 Å². The summed E-state index contributed by atoms with van der Waals surface area (Å²) in [6.07, 6.45) is 14.2. The van der Waals surface area contributed by atoms with E-state index < -0.39 is 0 Å². The number of allylic oxidation sites excluding steroid dienone is 4. The molecule has 0 atom stereocenters. The molecule has 0 spiro atoms. The fourth-order valence-electron chi connectivity index (χ4n) is 4.47. The van der Waals surface area contributed by atoms with E-state index in [4.69, 9.17) is 9.57 Å². The Morgan fingerprint density at radius 1 is 1.11 bits per heavy atom. The second kappa shape index (κ2) is 10.8. The van der Waals surface area contributed by atoms with Gasteiger partial charge in [-0.1, -0.05) is 0 Å². The second-order valence-corrected chi connectivity index (χ2v) is 8.87. The number of unbranched alkanes of at least 4 members (excludes halogenated alkanes) is 1. The van der Waals surface area contributed by atoms with E-state index in [1.54, 1.807) is 19.6 Å². The lowest BCUT2D eigenvalue weighted by Crippen LogP contribution is -2.51. The van der Waals surface area contributed by atoms with Crippen molar-refractivity contribution in [2.75, 3.05) is 46.4 Å². The number of nitrogens with one attached hydrogen (secondary N) is 1. The highest BCUT2D eigenvalue weighted by Crippen LogP contribution is 2.32. The van der Waals surface area contributed by atoms with Crippen molar-refractivity contribution in [2.24, 2.45) is 0 Å². The number of aromatic nitrogens is 2. The number of hydrogen-bond acceptors (Lipinski definition) is 7. The van der Waals surface area contributed by atoms with Gasteiger partial charge in [-0.2, -0.15) is 5.01 Å². The van der Waals surface area contributed by atoms with Crippen molar-refractivity contribution < 1.29 is 14.4 Å². The Kier molecular flexibility index (Phi) is 7.15. The summed E-state index contributed by atoms with van der Waals surface area (Å²) < 4.78 is 7.27. The number of hydroxylamine groups is 1. The Hall–Kier alpha value is -3.56. The van der Waals surface area contributed by atoms with Gasteiger partial charge in [-0.3, -0.25) is 4.79 Å². The first-order chi connectivity index (χ1) is 17.2. The highest BCUT2D eigenvalue weighted by molar-refractivity contribution is 5.94. The minimum Gasteiger partial charge on any atom is -0.501 e. The summed E-state index contributed by atoms with van der Waals surface area (Å²) in [6, 6.07) is 7.56. The lowest BCUT2D eigenvalue weighted by molar-refractivity contribution is -0.219. The maximum Gasteiger partial charge on any atom is 0.251 e. The molecule has 1 aromatic heterocycles. The van der Waals surface area contributed by atoms with Gasteiger partial charge < -0.3 is 24.4 Å². The third kappa shape index (κ3) is 5.58. The van der Waals surface area contributed by atoms with E-state index in [-0.39, 0.29) is 5.91 Å². The number of hydrazine groups is 1. The molecule has 1 fully saturated rings. The molecule has 0 unspecified atom stereocenters. The number of carbonyl (C=O) groups excluding carboxylic acids is 1. The van der Waals surface area contributed by atoms with Gasteiger partial charge in [0.1, 0.15) is 5.76 Å². The molecule has 184 valence electrons. The van der Waals surface area contributed by atoms with Crippen molar-refractivity contribution >= 4 is 5.91 Å². The molecule has 5 rings (SSSR count). The highest BCUT2D eigenvalue weighted by Gasteiger charge is 2.29. The molecule has 2 aliphatic heterocycles. The van der Waals surface area contributed by atoms with Crippen molar-refractivity contribution in [1.82, 2.24) is 29.9 Å². The number of nitrogens with zero attached hydrogens (tertiary/aromatic N) is 5. The van der Waals surface area contributed by atoms with Gasteiger partial charge in [0.15, 0.2) is 5.76 Å². The van der Waals surface area contributed by atoms with Crippen LogP contribution in [0.3, 0.4) is 0 Å². The summed E-state index contributed by atoms with van der Waals surface area (Å²) in [5.74, 6) is 1.83. The van der Waals surface area contributed by atoms with E-state index in [2.05, 4.69) is 26.4 Å². The number of methoxy groups -OCH3 is 1. The number of benzene rings is 1. The van der Waals surface area contributed by atoms with Gasteiger partial charge in [-0.25, -0.2) is 4.98 Å². The topological polar surface area (TPSA) is 75.1 Å². The van der Waals surface area contributed by atoms with E-state index in [0.717, 1.165) is 74.8 Å². The molecular formula is C26H32N6O3. The summed E-state index contributed by atoms with van der Waals surface area (Å²) >= 11 is 0. The van der Waals surface area contributed by atoms with Crippen molar-refractivity contribution in [3.8, 4) is 5.69 Å². The third-order valence-electron chi connectivity index (χ3n) is 6.57. The molecule has 0 saturated carbocycles. The van der Waals surface area contributed by atoms with Gasteiger partial charge in [0.2, 0.25) is 0 Å². The van der Waals surface area contributed by atoms with Gasteiger partial charge in [0.05, 0.1) is 19.6 Å². The van der Waals surface area contributed by atoms with E-state index in [0.29, 0.717) is 12.1 Å². The molecule has 1 saturated heterocycles. The molecule has 1 aromatic carbocycles. The van der Waals surface area contributed by atoms with Crippen LogP contribution in [-0.2, 0) is 9.57 Å². The van der Waals surface area contributed by atoms with Crippen LogP contribution in [0.25, 0.3) is 5.69 Å². The molecule has 2 aromatic rings. The van der Waals surface area contributed by atoms with Gasteiger partial charge >= 0.3 is 0 Å². The average molecular weight is 477 g/mol. The van der Waals surface area contributed by atoms with Crippen LogP contribution < -0.4 is 5.32 Å². The van der Waals surface area contributed by atoms with Gasteiger partial charge in [0.25, 0.3) is 5.91 Å². The zero-order valence-electron chi connectivity index (χ0n) is 20.1. The highest BCUT2D eigenvalue weighted by atomic mass is 16.7. The van der Waals surface area contributed by atoms with Gasteiger partial charge in [-0.05, 0) is 55.8 Å². The predicted molar refractivity (Wildman–Crippen MR) is 132 cm³/mol. The minimum atomic E-state index is -0.0287. The number of hydrogen-bond donors (Lipinski definition) is 1. The smallest absolute Gasteiger partial charge is 0.251 e. The Labute approximate surface area is 205 Å².